The van der Waals surface area contributed by atoms with Crippen molar-refractivity contribution in [1.82, 2.24) is 5.32 Å². The second kappa shape index (κ2) is 6.15. The molecule has 20 heavy (non-hydrogen) atoms. The van der Waals surface area contributed by atoms with Crippen LogP contribution in [-0.2, 0) is 16.8 Å². The zero-order valence-electron chi connectivity index (χ0n) is 11.1. The van der Waals surface area contributed by atoms with Gasteiger partial charge in [0.1, 0.15) is 11.4 Å². The summed E-state index contributed by atoms with van der Waals surface area (Å²) in [6.07, 6.45) is 0.167. The average molecular weight is 293 g/mol. The Morgan fingerprint density at radius 2 is 2.05 bits per heavy atom. The average Bonchev–Trinajstić information content (AvgIpc) is 2.94. The molecule has 0 bridgehead atoms. The SMILES string of the molecule is CC(O)(CNC(=O)Cc1ccc(F)cc1)c1cccs1. The normalized spacial score (nSPS) is 13.8. The maximum atomic E-state index is 12.8. The van der Waals surface area contributed by atoms with Crippen molar-refractivity contribution < 1.29 is 14.3 Å². The van der Waals surface area contributed by atoms with Crippen LogP contribution in [0.2, 0.25) is 0 Å². The molecule has 0 aliphatic rings. The Labute approximate surface area is 121 Å². The van der Waals surface area contributed by atoms with Gasteiger partial charge in [0.25, 0.3) is 0 Å². The number of thiophene rings is 1. The molecule has 1 atom stereocenters. The van der Waals surface area contributed by atoms with Gasteiger partial charge in [-0.05, 0) is 36.1 Å². The molecule has 2 N–H and O–H groups in total. The summed E-state index contributed by atoms with van der Waals surface area (Å²) in [7, 11) is 0. The van der Waals surface area contributed by atoms with E-state index in [0.29, 0.717) is 0 Å². The number of aliphatic hydroxyl groups is 1. The Balaban J connectivity index is 1.88. The largest absolute Gasteiger partial charge is 0.383 e. The monoisotopic (exact) mass is 293 g/mol. The van der Waals surface area contributed by atoms with Gasteiger partial charge < -0.3 is 10.4 Å². The highest BCUT2D eigenvalue weighted by atomic mass is 32.1. The Morgan fingerprint density at radius 1 is 1.35 bits per heavy atom. The van der Waals surface area contributed by atoms with Crippen LogP contribution in [0, 0.1) is 5.82 Å². The van der Waals surface area contributed by atoms with Gasteiger partial charge in [0.2, 0.25) is 5.91 Å². The van der Waals surface area contributed by atoms with Gasteiger partial charge in [0.15, 0.2) is 0 Å². The van der Waals surface area contributed by atoms with E-state index in [1.807, 2.05) is 17.5 Å². The van der Waals surface area contributed by atoms with Crippen molar-refractivity contribution in [2.45, 2.75) is 18.9 Å². The predicted octanol–water partition coefficient (Wildman–Crippen LogP) is 2.45. The first kappa shape index (κ1) is 14.7. The molecular formula is C15H16FNO2S. The number of hydrogen-bond donors (Lipinski definition) is 2. The van der Waals surface area contributed by atoms with Crippen LogP contribution in [0.4, 0.5) is 4.39 Å². The summed E-state index contributed by atoms with van der Waals surface area (Å²) in [5, 5.41) is 14.8. The quantitative estimate of drug-likeness (QED) is 0.889. The van der Waals surface area contributed by atoms with Crippen molar-refractivity contribution in [2.75, 3.05) is 6.54 Å². The fraction of sp³-hybridized carbons (Fsp3) is 0.267. The Kier molecular flexibility index (Phi) is 4.52. The van der Waals surface area contributed by atoms with E-state index in [9.17, 15) is 14.3 Å². The van der Waals surface area contributed by atoms with Crippen LogP contribution in [-0.4, -0.2) is 17.6 Å². The molecule has 1 aromatic heterocycles. The molecule has 0 spiro atoms. The number of benzene rings is 1. The third-order valence-corrected chi connectivity index (χ3v) is 4.08. The number of nitrogens with one attached hydrogen (secondary N) is 1. The van der Waals surface area contributed by atoms with Crippen molar-refractivity contribution in [3.63, 3.8) is 0 Å². The summed E-state index contributed by atoms with van der Waals surface area (Å²) in [5.41, 5.74) is -0.341. The van der Waals surface area contributed by atoms with Crippen molar-refractivity contribution >= 4 is 17.2 Å². The molecule has 0 aliphatic heterocycles. The molecule has 5 heteroatoms. The van der Waals surface area contributed by atoms with Gasteiger partial charge in [-0.15, -0.1) is 11.3 Å². The van der Waals surface area contributed by atoms with Crippen molar-refractivity contribution in [2.24, 2.45) is 0 Å². The van der Waals surface area contributed by atoms with E-state index in [0.717, 1.165) is 10.4 Å². The Hall–Kier alpha value is -1.72. The molecular weight excluding hydrogens is 277 g/mol. The number of carbonyl (C=O) groups excluding carboxylic acids is 1. The molecule has 1 heterocycles. The number of rotatable bonds is 5. The third-order valence-electron chi connectivity index (χ3n) is 2.96. The standard InChI is InChI=1S/C15H16FNO2S/c1-15(19,13-3-2-8-20-13)10-17-14(18)9-11-4-6-12(16)7-5-11/h2-8,19H,9-10H2,1H3,(H,17,18). The van der Waals surface area contributed by atoms with Crippen LogP contribution < -0.4 is 5.32 Å². The lowest BCUT2D eigenvalue weighted by Crippen LogP contribution is -2.38. The fourth-order valence-electron chi connectivity index (χ4n) is 1.79. The second-order valence-electron chi connectivity index (χ2n) is 4.83. The van der Waals surface area contributed by atoms with Gasteiger partial charge in [-0.1, -0.05) is 18.2 Å². The summed E-state index contributed by atoms with van der Waals surface area (Å²) in [5.74, 6) is -0.525. The molecule has 3 nitrogen and oxygen atoms in total. The highest BCUT2D eigenvalue weighted by molar-refractivity contribution is 7.10. The molecule has 0 fully saturated rings. The van der Waals surface area contributed by atoms with Gasteiger partial charge >= 0.3 is 0 Å². The molecule has 0 radical (unpaired) electrons. The van der Waals surface area contributed by atoms with Crippen LogP contribution in [0.3, 0.4) is 0 Å². The van der Waals surface area contributed by atoms with Crippen LogP contribution in [0.5, 0.6) is 0 Å². The summed E-state index contributed by atoms with van der Waals surface area (Å²) in [4.78, 5) is 12.6. The summed E-state index contributed by atoms with van der Waals surface area (Å²) >= 11 is 1.44. The highest BCUT2D eigenvalue weighted by Gasteiger charge is 2.24. The summed E-state index contributed by atoms with van der Waals surface area (Å²) in [6.45, 7) is 1.81. The first-order valence-electron chi connectivity index (χ1n) is 6.25. The second-order valence-corrected chi connectivity index (χ2v) is 5.78. The maximum Gasteiger partial charge on any atom is 0.224 e. The minimum atomic E-state index is -1.08. The molecule has 1 amide bonds. The number of carbonyl (C=O) groups is 1. The Bertz CT molecular complexity index is 564. The maximum absolute atomic E-state index is 12.8. The lowest BCUT2D eigenvalue weighted by atomic mass is 10.0. The van der Waals surface area contributed by atoms with Crippen LogP contribution in [0.25, 0.3) is 0 Å². The third kappa shape index (κ3) is 3.88. The minimum absolute atomic E-state index is 0.146. The van der Waals surface area contributed by atoms with Gasteiger partial charge in [-0.3, -0.25) is 4.79 Å². The topological polar surface area (TPSA) is 49.3 Å². The van der Waals surface area contributed by atoms with Crippen molar-refractivity contribution in [1.29, 1.82) is 0 Å². The van der Waals surface area contributed by atoms with E-state index in [-0.39, 0.29) is 24.7 Å². The molecule has 2 aromatic rings. The highest BCUT2D eigenvalue weighted by Crippen LogP contribution is 2.24. The first-order chi connectivity index (χ1) is 9.47. The zero-order valence-corrected chi connectivity index (χ0v) is 11.9. The van der Waals surface area contributed by atoms with Crippen molar-refractivity contribution in [3.05, 3.63) is 58.0 Å². The van der Waals surface area contributed by atoms with E-state index < -0.39 is 5.60 Å². The summed E-state index contributed by atoms with van der Waals surface area (Å²) in [6, 6.07) is 9.49. The van der Waals surface area contributed by atoms with Gasteiger partial charge in [-0.25, -0.2) is 4.39 Å². The van der Waals surface area contributed by atoms with Gasteiger partial charge in [0.05, 0.1) is 13.0 Å². The molecule has 106 valence electrons. The Morgan fingerprint density at radius 3 is 2.65 bits per heavy atom. The fourth-order valence-corrected chi connectivity index (χ4v) is 2.58. The predicted molar refractivity (Wildman–Crippen MR) is 77.0 cm³/mol. The minimum Gasteiger partial charge on any atom is -0.383 e. The molecule has 1 unspecified atom stereocenters. The van der Waals surface area contributed by atoms with Crippen LogP contribution in [0.1, 0.15) is 17.4 Å². The number of amides is 1. The number of hydrogen-bond acceptors (Lipinski definition) is 3. The zero-order chi connectivity index (χ0) is 14.6. The molecule has 1 aromatic carbocycles. The molecule has 0 saturated carbocycles. The van der Waals surface area contributed by atoms with Crippen LogP contribution in [0.15, 0.2) is 41.8 Å². The first-order valence-corrected chi connectivity index (χ1v) is 7.13. The summed E-state index contributed by atoms with van der Waals surface area (Å²) < 4.78 is 12.8. The molecule has 2 rings (SSSR count). The molecule has 0 saturated heterocycles. The molecule has 0 aliphatic carbocycles. The van der Waals surface area contributed by atoms with Gasteiger partial charge in [0, 0.05) is 4.88 Å². The van der Waals surface area contributed by atoms with Crippen molar-refractivity contribution in [3.8, 4) is 0 Å². The lowest BCUT2D eigenvalue weighted by Gasteiger charge is -2.22. The van der Waals surface area contributed by atoms with E-state index in [2.05, 4.69) is 5.32 Å². The van der Waals surface area contributed by atoms with Gasteiger partial charge in [-0.2, -0.15) is 0 Å². The number of halogens is 1. The van der Waals surface area contributed by atoms with E-state index >= 15 is 0 Å². The van der Waals surface area contributed by atoms with E-state index in [1.165, 1.54) is 23.5 Å². The lowest BCUT2D eigenvalue weighted by molar-refractivity contribution is -0.121. The van der Waals surface area contributed by atoms with E-state index in [1.54, 1.807) is 19.1 Å². The smallest absolute Gasteiger partial charge is 0.224 e. The van der Waals surface area contributed by atoms with Crippen LogP contribution >= 0.6 is 11.3 Å². The van der Waals surface area contributed by atoms with E-state index in [4.69, 9.17) is 0 Å².